The highest BCUT2D eigenvalue weighted by atomic mass is 32.2. The first-order chi connectivity index (χ1) is 6.56. The van der Waals surface area contributed by atoms with Crippen molar-refractivity contribution in [2.24, 2.45) is 0 Å². The summed E-state index contributed by atoms with van der Waals surface area (Å²) in [7, 11) is -1.83. The van der Waals surface area contributed by atoms with Gasteiger partial charge in [-0.1, -0.05) is 6.92 Å². The monoisotopic (exact) mass is 218 g/mol. The van der Waals surface area contributed by atoms with E-state index in [0.717, 1.165) is 5.56 Å². The van der Waals surface area contributed by atoms with Gasteiger partial charge in [0.2, 0.25) is 0 Å². The largest absolute Gasteiger partial charge is 0.285 e. The molecule has 0 aromatic carbocycles. The highest BCUT2D eigenvalue weighted by Crippen LogP contribution is 2.02. The van der Waals surface area contributed by atoms with Crippen molar-refractivity contribution in [3.63, 3.8) is 0 Å². The highest BCUT2D eigenvalue weighted by Gasteiger charge is 2.16. The zero-order valence-electron chi connectivity index (χ0n) is 8.19. The number of aromatic amines is 1. The Hall–Kier alpha value is -0.920. The molecule has 0 aliphatic rings. The maximum absolute atomic E-state index is 11.4. The van der Waals surface area contributed by atoms with Gasteiger partial charge in [0.15, 0.2) is 0 Å². The maximum Gasteiger partial charge on any atom is 0.279 e. The second-order valence-corrected chi connectivity index (χ2v) is 4.73. The molecule has 80 valence electrons. The number of rotatable bonds is 5. The molecule has 0 atom stereocenters. The van der Waals surface area contributed by atoms with Crippen LogP contribution in [0.15, 0.2) is 12.4 Å². The van der Waals surface area contributed by atoms with Crippen LogP contribution in [0.4, 0.5) is 0 Å². The van der Waals surface area contributed by atoms with Crippen LogP contribution in [-0.2, 0) is 16.8 Å². The molecule has 14 heavy (non-hydrogen) atoms. The zero-order valence-corrected chi connectivity index (χ0v) is 9.00. The van der Waals surface area contributed by atoms with Crippen LogP contribution < -0.4 is 4.72 Å². The summed E-state index contributed by atoms with van der Waals surface area (Å²) in [5, 5.41) is 6.36. The Labute approximate surface area is 83.5 Å². The minimum atomic E-state index is -3.34. The Balaban J connectivity index is 2.62. The van der Waals surface area contributed by atoms with E-state index in [0.29, 0.717) is 13.1 Å². The molecule has 0 radical (unpaired) electrons. The van der Waals surface area contributed by atoms with Crippen molar-refractivity contribution in [3.05, 3.63) is 18.0 Å². The minimum Gasteiger partial charge on any atom is -0.285 e. The van der Waals surface area contributed by atoms with Gasteiger partial charge in [0.25, 0.3) is 10.2 Å². The van der Waals surface area contributed by atoms with Gasteiger partial charge in [-0.3, -0.25) is 5.10 Å². The number of aromatic nitrogens is 2. The summed E-state index contributed by atoms with van der Waals surface area (Å²) in [6.07, 6.45) is 3.26. The zero-order chi connectivity index (χ0) is 10.6. The lowest BCUT2D eigenvalue weighted by molar-refractivity contribution is 0.456. The molecular formula is C7H14N4O2S. The topological polar surface area (TPSA) is 78.1 Å². The van der Waals surface area contributed by atoms with Crippen molar-refractivity contribution in [1.29, 1.82) is 0 Å². The van der Waals surface area contributed by atoms with Crippen LogP contribution in [0.5, 0.6) is 0 Å². The van der Waals surface area contributed by atoms with Gasteiger partial charge in [-0.2, -0.15) is 17.8 Å². The SMILES string of the molecule is CCNS(=O)(=O)N(C)Cc1cn[nH]c1. The predicted octanol–water partition coefficient (Wildman–Crippen LogP) is -0.304. The Morgan fingerprint density at radius 3 is 2.86 bits per heavy atom. The molecule has 2 N–H and O–H groups in total. The molecule has 0 fully saturated rings. The lowest BCUT2D eigenvalue weighted by Crippen LogP contribution is -2.37. The second-order valence-electron chi connectivity index (χ2n) is 2.87. The first kappa shape index (κ1) is 11.2. The van der Waals surface area contributed by atoms with E-state index < -0.39 is 10.2 Å². The molecule has 1 aromatic rings. The molecule has 1 rings (SSSR count). The number of hydrogen-bond donors (Lipinski definition) is 2. The molecular weight excluding hydrogens is 204 g/mol. The first-order valence-electron chi connectivity index (χ1n) is 4.25. The standard InChI is InChI=1S/C7H14N4O2S/c1-3-10-14(12,13)11(2)6-7-4-8-9-5-7/h4-5,10H,3,6H2,1-2H3,(H,8,9). The summed E-state index contributed by atoms with van der Waals surface area (Å²) in [4.78, 5) is 0. The van der Waals surface area contributed by atoms with Gasteiger partial charge in [-0.15, -0.1) is 0 Å². The van der Waals surface area contributed by atoms with Gasteiger partial charge in [-0.25, -0.2) is 4.72 Å². The Bertz CT molecular complexity index is 359. The quantitative estimate of drug-likeness (QED) is 0.712. The molecule has 7 heteroatoms. The second kappa shape index (κ2) is 4.54. The molecule has 0 bridgehead atoms. The van der Waals surface area contributed by atoms with Gasteiger partial charge >= 0.3 is 0 Å². The van der Waals surface area contributed by atoms with Crippen molar-refractivity contribution < 1.29 is 8.42 Å². The molecule has 0 amide bonds. The van der Waals surface area contributed by atoms with E-state index in [-0.39, 0.29) is 0 Å². The fraction of sp³-hybridized carbons (Fsp3) is 0.571. The summed E-state index contributed by atoms with van der Waals surface area (Å²) >= 11 is 0. The number of H-pyrrole nitrogens is 1. The Morgan fingerprint density at radius 1 is 1.64 bits per heavy atom. The van der Waals surface area contributed by atoms with Crippen molar-refractivity contribution in [2.45, 2.75) is 13.5 Å². The first-order valence-corrected chi connectivity index (χ1v) is 5.69. The summed E-state index contributed by atoms with van der Waals surface area (Å²) in [5.41, 5.74) is 0.828. The van der Waals surface area contributed by atoms with Crippen LogP contribution in [0.1, 0.15) is 12.5 Å². The molecule has 1 aromatic heterocycles. The molecule has 6 nitrogen and oxygen atoms in total. The molecule has 0 unspecified atom stereocenters. The average molecular weight is 218 g/mol. The van der Waals surface area contributed by atoms with Gasteiger partial charge in [0, 0.05) is 31.9 Å². The van der Waals surface area contributed by atoms with Crippen LogP contribution in [0.25, 0.3) is 0 Å². The third-order valence-electron chi connectivity index (χ3n) is 1.70. The summed E-state index contributed by atoms with van der Waals surface area (Å²) in [6, 6.07) is 0. The fourth-order valence-electron chi connectivity index (χ4n) is 0.999. The van der Waals surface area contributed by atoms with E-state index in [9.17, 15) is 8.42 Å². The molecule has 0 aliphatic heterocycles. The van der Waals surface area contributed by atoms with E-state index in [1.807, 2.05) is 0 Å². The average Bonchev–Trinajstić information content (AvgIpc) is 2.56. The van der Waals surface area contributed by atoms with Crippen molar-refractivity contribution >= 4 is 10.2 Å². The molecule has 0 aliphatic carbocycles. The molecule has 1 heterocycles. The van der Waals surface area contributed by atoms with Crippen molar-refractivity contribution in [1.82, 2.24) is 19.2 Å². The normalized spacial score (nSPS) is 12.2. The van der Waals surface area contributed by atoms with Gasteiger partial charge in [0.1, 0.15) is 0 Å². The van der Waals surface area contributed by atoms with E-state index in [1.165, 1.54) is 11.4 Å². The van der Waals surface area contributed by atoms with E-state index in [2.05, 4.69) is 14.9 Å². The fourth-order valence-corrected chi connectivity index (χ4v) is 1.90. The van der Waals surface area contributed by atoms with Gasteiger partial charge in [0.05, 0.1) is 6.20 Å². The Kier molecular flexibility index (Phi) is 3.62. The molecule has 0 saturated heterocycles. The molecule has 0 spiro atoms. The number of nitrogens with one attached hydrogen (secondary N) is 2. The van der Waals surface area contributed by atoms with Crippen molar-refractivity contribution in [2.75, 3.05) is 13.6 Å². The Morgan fingerprint density at radius 2 is 2.36 bits per heavy atom. The lowest BCUT2D eigenvalue weighted by atomic mass is 10.4. The number of hydrogen-bond acceptors (Lipinski definition) is 3. The summed E-state index contributed by atoms with van der Waals surface area (Å²) in [6.45, 7) is 2.44. The van der Waals surface area contributed by atoms with Gasteiger partial charge < -0.3 is 0 Å². The smallest absolute Gasteiger partial charge is 0.279 e. The molecule has 0 saturated carbocycles. The highest BCUT2D eigenvalue weighted by molar-refractivity contribution is 7.87. The van der Waals surface area contributed by atoms with E-state index >= 15 is 0 Å². The van der Waals surface area contributed by atoms with Gasteiger partial charge in [-0.05, 0) is 0 Å². The lowest BCUT2D eigenvalue weighted by Gasteiger charge is -2.15. The number of nitrogens with zero attached hydrogens (tertiary/aromatic N) is 2. The third kappa shape index (κ3) is 2.79. The maximum atomic E-state index is 11.4. The van der Waals surface area contributed by atoms with Crippen molar-refractivity contribution in [3.8, 4) is 0 Å². The van der Waals surface area contributed by atoms with Crippen LogP contribution in [0.2, 0.25) is 0 Å². The third-order valence-corrected chi connectivity index (χ3v) is 3.30. The van der Waals surface area contributed by atoms with Crippen LogP contribution in [-0.4, -0.2) is 36.5 Å². The van der Waals surface area contributed by atoms with Crippen LogP contribution in [0, 0.1) is 0 Å². The van der Waals surface area contributed by atoms with E-state index in [4.69, 9.17) is 0 Å². The minimum absolute atomic E-state index is 0.311. The summed E-state index contributed by atoms with van der Waals surface area (Å²) < 4.78 is 26.5. The summed E-state index contributed by atoms with van der Waals surface area (Å²) in [5.74, 6) is 0. The predicted molar refractivity (Wildman–Crippen MR) is 52.7 cm³/mol. The van der Waals surface area contributed by atoms with Crippen LogP contribution in [0.3, 0.4) is 0 Å². The van der Waals surface area contributed by atoms with Crippen LogP contribution >= 0.6 is 0 Å². The van der Waals surface area contributed by atoms with E-state index in [1.54, 1.807) is 19.3 Å².